The van der Waals surface area contributed by atoms with Crippen LogP contribution in [0.25, 0.3) is 0 Å². The summed E-state index contributed by atoms with van der Waals surface area (Å²) in [5.74, 6) is -0.123. The van der Waals surface area contributed by atoms with Crippen molar-refractivity contribution in [2.45, 2.75) is 39.0 Å². The number of nitrogens with zero attached hydrogens (tertiary/aromatic N) is 1. The third-order valence-electron chi connectivity index (χ3n) is 3.93. The number of phenolic OH excluding ortho intramolecular Hbond substituents is 1. The number of aliphatic hydroxyl groups excluding tert-OH is 1. The Morgan fingerprint density at radius 2 is 1.88 bits per heavy atom. The zero-order valence-corrected chi connectivity index (χ0v) is 13.8. The third kappa shape index (κ3) is 4.45. The molecule has 0 saturated heterocycles. The van der Waals surface area contributed by atoms with Crippen LogP contribution in [0.4, 0.5) is 0 Å². The van der Waals surface area contributed by atoms with Crippen molar-refractivity contribution in [3.8, 4) is 5.75 Å². The van der Waals surface area contributed by atoms with Crippen molar-refractivity contribution in [2.75, 3.05) is 0 Å². The topological polar surface area (TPSA) is 91.6 Å². The predicted octanol–water partition coefficient (Wildman–Crippen LogP) is 1.49. The largest absolute Gasteiger partial charge is 0.508 e. The number of hydrogen-bond donors (Lipinski definition) is 3. The fraction of sp³-hybridized carbons (Fsp3) is 0.333. The van der Waals surface area contributed by atoms with E-state index in [9.17, 15) is 19.8 Å². The van der Waals surface area contributed by atoms with E-state index in [0.717, 1.165) is 5.69 Å². The zero-order valence-electron chi connectivity index (χ0n) is 13.8. The summed E-state index contributed by atoms with van der Waals surface area (Å²) in [6, 6.07) is 10.7. The average Bonchev–Trinajstić information content (AvgIpc) is 2.54. The first-order valence-corrected chi connectivity index (χ1v) is 7.81. The van der Waals surface area contributed by atoms with Crippen molar-refractivity contribution < 1.29 is 15.0 Å². The number of aromatic nitrogens is 1. The third-order valence-corrected chi connectivity index (χ3v) is 3.93. The van der Waals surface area contributed by atoms with Gasteiger partial charge in [0, 0.05) is 24.7 Å². The van der Waals surface area contributed by atoms with Gasteiger partial charge < -0.3 is 20.1 Å². The quantitative estimate of drug-likeness (QED) is 0.748. The van der Waals surface area contributed by atoms with Crippen LogP contribution < -0.4 is 10.9 Å². The van der Waals surface area contributed by atoms with Gasteiger partial charge in [-0.25, -0.2) is 0 Å². The van der Waals surface area contributed by atoms with Gasteiger partial charge in [-0.1, -0.05) is 18.2 Å². The van der Waals surface area contributed by atoms with Crippen molar-refractivity contribution in [2.24, 2.45) is 0 Å². The molecule has 6 nitrogen and oxygen atoms in total. The Hall–Kier alpha value is -2.60. The minimum absolute atomic E-state index is 0.117. The summed E-state index contributed by atoms with van der Waals surface area (Å²) in [6.07, 6.45) is -0.729. The van der Waals surface area contributed by atoms with Gasteiger partial charge in [0.25, 0.3) is 5.56 Å². The van der Waals surface area contributed by atoms with Crippen LogP contribution in [0, 0.1) is 6.92 Å². The number of pyridine rings is 1. The van der Waals surface area contributed by atoms with Crippen LogP contribution >= 0.6 is 0 Å². The fourth-order valence-corrected chi connectivity index (χ4v) is 2.49. The molecule has 0 saturated carbocycles. The summed E-state index contributed by atoms with van der Waals surface area (Å²) >= 11 is 0. The van der Waals surface area contributed by atoms with Crippen LogP contribution in [0.15, 0.2) is 47.3 Å². The number of nitrogens with one attached hydrogen (secondary N) is 1. The Morgan fingerprint density at radius 3 is 2.50 bits per heavy atom. The Kier molecular flexibility index (Phi) is 5.76. The highest BCUT2D eigenvalue weighted by atomic mass is 16.3. The standard InChI is InChI=1S/C18H22N2O4/c1-12-4-3-5-17(23)20(12)11-10-16(22)19-13(2)18(24)14-6-8-15(21)9-7-14/h3-9,13,18,21,24H,10-11H2,1-2H3,(H,19,22)/t13-,18-/m1/s1. The molecular formula is C18H22N2O4. The van der Waals surface area contributed by atoms with Crippen LogP contribution in [0.5, 0.6) is 5.75 Å². The van der Waals surface area contributed by atoms with Gasteiger partial charge >= 0.3 is 0 Å². The molecule has 0 fully saturated rings. The number of benzene rings is 1. The van der Waals surface area contributed by atoms with Crippen LogP contribution in [-0.2, 0) is 11.3 Å². The minimum Gasteiger partial charge on any atom is -0.508 e. The molecule has 1 amide bonds. The monoisotopic (exact) mass is 330 g/mol. The minimum atomic E-state index is -0.879. The van der Waals surface area contributed by atoms with Crippen LogP contribution in [0.3, 0.4) is 0 Å². The maximum absolute atomic E-state index is 12.1. The lowest BCUT2D eigenvalue weighted by molar-refractivity contribution is -0.122. The molecule has 0 bridgehead atoms. The number of carbonyl (C=O) groups excluding carboxylic acids is 1. The van der Waals surface area contributed by atoms with E-state index in [4.69, 9.17) is 0 Å². The fourth-order valence-electron chi connectivity index (χ4n) is 2.49. The molecule has 0 unspecified atom stereocenters. The van der Waals surface area contributed by atoms with Gasteiger partial charge in [-0.3, -0.25) is 9.59 Å². The first kappa shape index (κ1) is 17.7. The van der Waals surface area contributed by atoms with Gasteiger partial charge in [0.05, 0.1) is 12.1 Å². The van der Waals surface area contributed by atoms with Gasteiger partial charge in [0.1, 0.15) is 5.75 Å². The zero-order chi connectivity index (χ0) is 17.7. The molecule has 2 aromatic rings. The molecule has 0 aliphatic heterocycles. The molecule has 0 aliphatic carbocycles. The van der Waals surface area contributed by atoms with Crippen LogP contribution in [0.2, 0.25) is 0 Å². The number of hydrogen-bond acceptors (Lipinski definition) is 4. The second-order valence-electron chi connectivity index (χ2n) is 5.80. The molecule has 3 N–H and O–H groups in total. The second-order valence-corrected chi connectivity index (χ2v) is 5.80. The normalized spacial score (nSPS) is 13.3. The Balaban J connectivity index is 1.92. The van der Waals surface area contributed by atoms with Crippen LogP contribution in [-0.4, -0.2) is 26.7 Å². The number of carbonyl (C=O) groups is 1. The Morgan fingerprint density at radius 1 is 1.21 bits per heavy atom. The summed E-state index contributed by atoms with van der Waals surface area (Å²) in [5.41, 5.74) is 1.27. The molecule has 6 heteroatoms. The van der Waals surface area contributed by atoms with E-state index in [1.807, 2.05) is 13.0 Å². The van der Waals surface area contributed by atoms with E-state index in [-0.39, 0.29) is 23.6 Å². The summed E-state index contributed by atoms with van der Waals surface area (Å²) < 4.78 is 1.54. The first-order valence-electron chi connectivity index (χ1n) is 7.81. The van der Waals surface area contributed by atoms with Crippen molar-refractivity contribution in [1.82, 2.24) is 9.88 Å². The molecule has 24 heavy (non-hydrogen) atoms. The first-order chi connectivity index (χ1) is 11.4. The molecule has 2 rings (SSSR count). The average molecular weight is 330 g/mol. The highest BCUT2D eigenvalue weighted by molar-refractivity contribution is 5.76. The van der Waals surface area contributed by atoms with Gasteiger partial charge in [-0.2, -0.15) is 0 Å². The van der Waals surface area contributed by atoms with E-state index in [2.05, 4.69) is 5.32 Å². The lowest BCUT2D eigenvalue weighted by Crippen LogP contribution is -2.38. The number of aromatic hydroxyl groups is 1. The summed E-state index contributed by atoms with van der Waals surface area (Å²) in [7, 11) is 0. The Bertz CT molecular complexity index is 752. The van der Waals surface area contributed by atoms with Gasteiger partial charge in [0.15, 0.2) is 0 Å². The number of rotatable bonds is 6. The smallest absolute Gasteiger partial charge is 0.250 e. The van der Waals surface area contributed by atoms with Crippen molar-refractivity contribution in [3.05, 3.63) is 64.1 Å². The summed E-state index contributed by atoms with van der Waals surface area (Å²) in [5, 5.41) is 22.3. The number of aryl methyl sites for hydroxylation is 1. The van der Waals surface area contributed by atoms with Crippen molar-refractivity contribution >= 4 is 5.91 Å². The molecule has 1 heterocycles. The van der Waals surface area contributed by atoms with Crippen molar-refractivity contribution in [3.63, 3.8) is 0 Å². The van der Waals surface area contributed by atoms with Gasteiger partial charge in [0.2, 0.25) is 5.91 Å². The van der Waals surface area contributed by atoms with E-state index in [1.54, 1.807) is 29.7 Å². The predicted molar refractivity (Wildman–Crippen MR) is 90.7 cm³/mol. The lowest BCUT2D eigenvalue weighted by atomic mass is 10.0. The SMILES string of the molecule is Cc1cccc(=O)n1CCC(=O)N[C@H](C)[C@@H](O)c1ccc(O)cc1. The molecule has 0 radical (unpaired) electrons. The van der Waals surface area contributed by atoms with Gasteiger partial charge in [-0.15, -0.1) is 0 Å². The highest BCUT2D eigenvalue weighted by Gasteiger charge is 2.18. The molecule has 1 aromatic heterocycles. The maximum Gasteiger partial charge on any atom is 0.250 e. The summed E-state index contributed by atoms with van der Waals surface area (Å²) in [4.78, 5) is 23.8. The summed E-state index contributed by atoms with van der Waals surface area (Å²) in [6.45, 7) is 3.81. The number of phenols is 1. The highest BCUT2D eigenvalue weighted by Crippen LogP contribution is 2.19. The lowest BCUT2D eigenvalue weighted by Gasteiger charge is -2.21. The maximum atomic E-state index is 12.1. The molecular weight excluding hydrogens is 308 g/mol. The molecule has 128 valence electrons. The molecule has 0 aliphatic rings. The van der Waals surface area contributed by atoms with E-state index in [1.165, 1.54) is 18.2 Å². The number of aliphatic hydroxyl groups is 1. The second kappa shape index (κ2) is 7.79. The van der Waals surface area contributed by atoms with E-state index in [0.29, 0.717) is 12.1 Å². The van der Waals surface area contributed by atoms with E-state index < -0.39 is 12.1 Å². The van der Waals surface area contributed by atoms with Gasteiger partial charge in [-0.05, 0) is 37.6 Å². The van der Waals surface area contributed by atoms with E-state index >= 15 is 0 Å². The molecule has 1 aromatic carbocycles. The molecule has 0 spiro atoms. The molecule has 2 atom stereocenters. The number of amides is 1. The van der Waals surface area contributed by atoms with Crippen LogP contribution in [0.1, 0.15) is 30.7 Å². The van der Waals surface area contributed by atoms with Crippen molar-refractivity contribution in [1.29, 1.82) is 0 Å². The Labute approximate surface area is 140 Å².